The molecule has 7 nitrogen and oxygen atoms in total. The summed E-state index contributed by atoms with van der Waals surface area (Å²) in [4.78, 5) is 35.2. The number of rotatable bonds is 6. The number of fused-ring (bicyclic) bond motifs is 1. The Morgan fingerprint density at radius 2 is 1.87 bits per heavy atom. The monoisotopic (exact) mass is 336 g/mol. The number of carbonyl (C=O) groups excluding carboxylic acids is 3. The third-order valence-electron chi connectivity index (χ3n) is 3.20. The average molecular weight is 336 g/mol. The van der Waals surface area contributed by atoms with Gasteiger partial charge in [0.05, 0.1) is 23.3 Å². The fourth-order valence-electron chi connectivity index (χ4n) is 2.13. The van der Waals surface area contributed by atoms with Crippen LogP contribution in [0.5, 0.6) is 0 Å². The van der Waals surface area contributed by atoms with Crippen molar-refractivity contribution in [3.63, 3.8) is 0 Å². The third kappa shape index (κ3) is 4.32. The first-order valence-electron chi connectivity index (χ1n) is 7.25. The zero-order chi connectivity index (χ0) is 17.0. The van der Waals surface area contributed by atoms with Gasteiger partial charge in [-0.15, -0.1) is 11.3 Å². The van der Waals surface area contributed by atoms with Crippen molar-refractivity contribution < 1.29 is 14.4 Å². The molecule has 0 aliphatic carbocycles. The molecule has 0 unspecified atom stereocenters. The van der Waals surface area contributed by atoms with Crippen LogP contribution >= 0.6 is 11.3 Å². The molecule has 2 aromatic rings. The first kappa shape index (κ1) is 17.0. The molecule has 0 aliphatic rings. The summed E-state index contributed by atoms with van der Waals surface area (Å²) in [6.07, 6.45) is 0. The van der Waals surface area contributed by atoms with Gasteiger partial charge in [0.2, 0.25) is 11.8 Å². The maximum absolute atomic E-state index is 12.1. The lowest BCUT2D eigenvalue weighted by molar-refractivity contribution is -0.125. The smallest absolute Gasteiger partial charge is 0.268 e. The summed E-state index contributed by atoms with van der Waals surface area (Å²) in [6, 6.07) is 3.76. The van der Waals surface area contributed by atoms with Crippen LogP contribution in [0.2, 0.25) is 0 Å². The largest absolute Gasteiger partial charge is 0.352 e. The maximum atomic E-state index is 12.1. The minimum Gasteiger partial charge on any atom is -0.352 e. The molecule has 0 radical (unpaired) electrons. The van der Waals surface area contributed by atoms with Crippen LogP contribution in [0.25, 0.3) is 10.2 Å². The van der Waals surface area contributed by atoms with Gasteiger partial charge in [-0.25, -0.2) is 0 Å². The molecular weight excluding hydrogens is 316 g/mol. The molecule has 0 bridgehead atoms. The Balaban J connectivity index is 1.82. The first-order chi connectivity index (χ1) is 10.9. The number of nitrogens with one attached hydrogen (secondary N) is 3. The van der Waals surface area contributed by atoms with Crippen molar-refractivity contribution >= 4 is 39.3 Å². The highest BCUT2D eigenvalue weighted by Crippen LogP contribution is 2.23. The summed E-state index contributed by atoms with van der Waals surface area (Å²) in [6.45, 7) is 3.40. The molecule has 0 fully saturated rings. The van der Waals surface area contributed by atoms with Crippen molar-refractivity contribution in [2.24, 2.45) is 7.05 Å². The van der Waals surface area contributed by atoms with E-state index in [-0.39, 0.29) is 30.9 Å². The highest BCUT2D eigenvalue weighted by molar-refractivity contribution is 7.17. The molecule has 0 aliphatic heterocycles. The van der Waals surface area contributed by atoms with Crippen LogP contribution in [0, 0.1) is 0 Å². The number of thiophene rings is 1. The minimum absolute atomic E-state index is 0.0188. The van der Waals surface area contributed by atoms with E-state index in [1.165, 1.54) is 0 Å². The van der Waals surface area contributed by atoms with Gasteiger partial charge in [0.1, 0.15) is 5.69 Å². The Hall–Kier alpha value is -2.35. The lowest BCUT2D eigenvalue weighted by Gasteiger charge is -2.10. The van der Waals surface area contributed by atoms with E-state index in [1.807, 2.05) is 25.3 Å². The number of carbonyl (C=O) groups is 3. The van der Waals surface area contributed by atoms with Gasteiger partial charge >= 0.3 is 0 Å². The van der Waals surface area contributed by atoms with Crippen LogP contribution in [0.4, 0.5) is 0 Å². The summed E-state index contributed by atoms with van der Waals surface area (Å²) in [7, 11) is 1.81. The SMILES string of the molecule is CC(C)NC(=O)CNC(=O)CNC(=O)c1cc2sccc2n1C. The molecule has 2 heterocycles. The van der Waals surface area contributed by atoms with Gasteiger partial charge < -0.3 is 20.5 Å². The zero-order valence-corrected chi connectivity index (χ0v) is 14.1. The molecule has 2 rings (SSSR count). The van der Waals surface area contributed by atoms with Crippen molar-refractivity contribution in [2.45, 2.75) is 19.9 Å². The van der Waals surface area contributed by atoms with Crippen molar-refractivity contribution in [1.82, 2.24) is 20.5 Å². The lowest BCUT2D eigenvalue weighted by Crippen LogP contribution is -2.43. The zero-order valence-electron chi connectivity index (χ0n) is 13.3. The maximum Gasteiger partial charge on any atom is 0.268 e. The summed E-state index contributed by atoms with van der Waals surface area (Å²) < 4.78 is 2.81. The van der Waals surface area contributed by atoms with E-state index >= 15 is 0 Å². The third-order valence-corrected chi connectivity index (χ3v) is 4.05. The number of hydrogen-bond donors (Lipinski definition) is 3. The van der Waals surface area contributed by atoms with Gasteiger partial charge in [0.15, 0.2) is 0 Å². The number of nitrogens with zero attached hydrogens (tertiary/aromatic N) is 1. The van der Waals surface area contributed by atoms with Crippen LogP contribution < -0.4 is 16.0 Å². The number of amides is 3. The van der Waals surface area contributed by atoms with Crippen molar-refractivity contribution in [1.29, 1.82) is 0 Å². The van der Waals surface area contributed by atoms with Crippen LogP contribution in [-0.2, 0) is 16.6 Å². The average Bonchev–Trinajstić information content (AvgIpc) is 3.05. The second-order valence-corrected chi connectivity index (χ2v) is 6.39. The summed E-state index contributed by atoms with van der Waals surface area (Å²) in [5.74, 6) is -0.992. The van der Waals surface area contributed by atoms with Gasteiger partial charge in [-0.05, 0) is 31.4 Å². The quantitative estimate of drug-likeness (QED) is 0.722. The van der Waals surface area contributed by atoms with Gasteiger partial charge in [-0.2, -0.15) is 0 Å². The Morgan fingerprint density at radius 1 is 1.17 bits per heavy atom. The van der Waals surface area contributed by atoms with E-state index in [9.17, 15) is 14.4 Å². The Kier molecular flexibility index (Phi) is 5.38. The van der Waals surface area contributed by atoms with Crippen LogP contribution in [0.3, 0.4) is 0 Å². The standard InChI is InChI=1S/C15H20N4O3S/c1-9(2)18-14(21)8-16-13(20)7-17-15(22)11-6-12-10(19(11)3)4-5-23-12/h4-6,9H,7-8H2,1-3H3,(H,16,20)(H,17,22)(H,18,21). The Morgan fingerprint density at radius 3 is 2.52 bits per heavy atom. The van der Waals surface area contributed by atoms with Crippen LogP contribution in [0.15, 0.2) is 17.5 Å². The molecular formula is C15H20N4O3S. The number of aryl methyl sites for hydroxylation is 1. The summed E-state index contributed by atoms with van der Waals surface area (Å²) in [5.41, 5.74) is 1.48. The van der Waals surface area contributed by atoms with Crippen molar-refractivity contribution in [3.8, 4) is 0 Å². The second kappa shape index (κ2) is 7.28. The minimum atomic E-state index is -0.409. The molecule has 3 N–H and O–H groups in total. The van der Waals surface area contributed by atoms with Crippen LogP contribution in [0.1, 0.15) is 24.3 Å². The van der Waals surface area contributed by atoms with E-state index in [1.54, 1.807) is 29.0 Å². The van der Waals surface area contributed by atoms with Gasteiger partial charge in [0.25, 0.3) is 5.91 Å². The van der Waals surface area contributed by atoms with E-state index in [0.29, 0.717) is 5.69 Å². The number of hydrogen-bond acceptors (Lipinski definition) is 4. The van der Waals surface area contributed by atoms with Crippen molar-refractivity contribution in [3.05, 3.63) is 23.2 Å². The molecule has 0 atom stereocenters. The van der Waals surface area contributed by atoms with Gasteiger partial charge in [-0.3, -0.25) is 14.4 Å². The predicted molar refractivity (Wildman–Crippen MR) is 89.4 cm³/mol. The topological polar surface area (TPSA) is 92.2 Å². The molecule has 0 saturated heterocycles. The lowest BCUT2D eigenvalue weighted by atomic mass is 10.4. The Labute approximate surface area is 138 Å². The van der Waals surface area contributed by atoms with Crippen LogP contribution in [-0.4, -0.2) is 41.4 Å². The normalized spacial score (nSPS) is 10.8. The highest BCUT2D eigenvalue weighted by atomic mass is 32.1. The fourth-order valence-corrected chi connectivity index (χ4v) is 2.98. The molecule has 0 aromatic carbocycles. The molecule has 0 spiro atoms. The van der Waals surface area contributed by atoms with Crippen molar-refractivity contribution in [2.75, 3.05) is 13.1 Å². The Bertz CT molecular complexity index is 732. The molecule has 2 aromatic heterocycles. The summed E-state index contributed by atoms with van der Waals surface area (Å²) >= 11 is 1.56. The van der Waals surface area contributed by atoms with E-state index in [4.69, 9.17) is 0 Å². The number of aromatic nitrogens is 1. The fraction of sp³-hybridized carbons (Fsp3) is 0.400. The summed E-state index contributed by atoms with van der Waals surface area (Å²) in [5, 5.41) is 9.64. The van der Waals surface area contributed by atoms with E-state index < -0.39 is 5.91 Å². The highest BCUT2D eigenvalue weighted by Gasteiger charge is 2.15. The molecule has 8 heteroatoms. The molecule has 0 saturated carbocycles. The predicted octanol–water partition coefficient (Wildman–Crippen LogP) is 0.610. The van der Waals surface area contributed by atoms with E-state index in [0.717, 1.165) is 10.2 Å². The molecule has 3 amide bonds. The first-order valence-corrected chi connectivity index (χ1v) is 8.13. The molecule has 23 heavy (non-hydrogen) atoms. The van der Waals surface area contributed by atoms with Gasteiger partial charge in [-0.1, -0.05) is 0 Å². The van der Waals surface area contributed by atoms with E-state index in [2.05, 4.69) is 16.0 Å². The van der Waals surface area contributed by atoms with Gasteiger partial charge in [0, 0.05) is 13.1 Å². The molecule has 124 valence electrons. The second-order valence-electron chi connectivity index (χ2n) is 5.44.